The Kier molecular flexibility index (Phi) is 4.07. The molecule has 0 saturated carbocycles. The van der Waals surface area contributed by atoms with Gasteiger partial charge in [-0.2, -0.15) is 0 Å². The van der Waals surface area contributed by atoms with Gasteiger partial charge in [-0.15, -0.1) is 0 Å². The molecule has 0 bridgehead atoms. The van der Waals surface area contributed by atoms with Crippen LogP contribution in [0.5, 0.6) is 0 Å². The molecule has 2 atom stereocenters. The summed E-state index contributed by atoms with van der Waals surface area (Å²) < 4.78 is 13.4. The highest BCUT2D eigenvalue weighted by atomic mass is 79.9. The molecule has 3 nitrogen and oxygen atoms in total. The molecule has 1 aromatic carbocycles. The largest absolute Gasteiger partial charge is 0.399 e. The number of nitrogens with two attached hydrogens (primary N) is 1. The molecule has 0 aliphatic heterocycles. The van der Waals surface area contributed by atoms with Gasteiger partial charge in [-0.25, -0.2) is 4.39 Å². The number of rotatable bonds is 3. The van der Waals surface area contributed by atoms with Crippen LogP contribution in [0.2, 0.25) is 0 Å². The van der Waals surface area contributed by atoms with Crippen molar-refractivity contribution in [2.75, 3.05) is 11.1 Å². The molecule has 4 N–H and O–H groups in total. The maximum Gasteiger partial charge on any atom is 0.129 e. The van der Waals surface area contributed by atoms with Crippen molar-refractivity contribution in [1.29, 1.82) is 0 Å². The van der Waals surface area contributed by atoms with Gasteiger partial charge in [-0.1, -0.05) is 15.9 Å². The van der Waals surface area contributed by atoms with Crippen molar-refractivity contribution in [3.05, 3.63) is 29.1 Å². The van der Waals surface area contributed by atoms with Gasteiger partial charge in [-0.3, -0.25) is 0 Å². The van der Waals surface area contributed by atoms with E-state index in [1.807, 2.05) is 0 Å². The monoisotopic (exact) mass is 277 g/mol. The summed E-state index contributed by atoms with van der Waals surface area (Å²) in [5, 5.41) is 19.1. The molecule has 0 aromatic heterocycles. The molecule has 5 heteroatoms. The van der Waals surface area contributed by atoms with E-state index < -0.39 is 18.0 Å². The molecule has 0 amide bonds. The Labute approximate surface area is 95.9 Å². The van der Waals surface area contributed by atoms with Gasteiger partial charge in [0, 0.05) is 16.6 Å². The fraction of sp³-hybridized carbons (Fsp3) is 0.400. The smallest absolute Gasteiger partial charge is 0.129 e. The molecular weight excluding hydrogens is 265 g/mol. The maximum absolute atomic E-state index is 13.4. The van der Waals surface area contributed by atoms with Crippen LogP contribution in [-0.2, 0) is 0 Å². The molecule has 0 heterocycles. The zero-order valence-electron chi connectivity index (χ0n) is 8.24. The standard InChI is InChI=1S/C10H13BrFNO2/c1-5-2-7(12)6(3-8(5)13)10(15)9(14)4-11/h2-3,9-10,14-15H,4,13H2,1H3. The number of hydrogen-bond donors (Lipinski definition) is 3. The highest BCUT2D eigenvalue weighted by molar-refractivity contribution is 9.09. The molecule has 0 aliphatic carbocycles. The fourth-order valence-corrected chi connectivity index (χ4v) is 1.58. The average Bonchev–Trinajstić information content (AvgIpc) is 2.21. The minimum absolute atomic E-state index is 0.0186. The van der Waals surface area contributed by atoms with Crippen molar-refractivity contribution in [3.63, 3.8) is 0 Å². The molecule has 0 fully saturated rings. The second kappa shape index (κ2) is 4.92. The van der Waals surface area contributed by atoms with E-state index >= 15 is 0 Å². The second-order valence-corrected chi connectivity index (χ2v) is 4.04. The van der Waals surface area contributed by atoms with Crippen LogP contribution in [0.15, 0.2) is 12.1 Å². The third kappa shape index (κ3) is 2.68. The molecule has 0 radical (unpaired) electrons. The van der Waals surface area contributed by atoms with Gasteiger partial charge in [0.25, 0.3) is 0 Å². The molecule has 15 heavy (non-hydrogen) atoms. The Balaban J connectivity index is 3.09. The van der Waals surface area contributed by atoms with Gasteiger partial charge in [-0.05, 0) is 24.6 Å². The molecular formula is C10H13BrFNO2. The van der Waals surface area contributed by atoms with E-state index in [2.05, 4.69) is 15.9 Å². The van der Waals surface area contributed by atoms with Crippen molar-refractivity contribution in [1.82, 2.24) is 0 Å². The highest BCUT2D eigenvalue weighted by Crippen LogP contribution is 2.25. The third-order valence-corrected chi connectivity index (χ3v) is 2.89. The number of halogens is 2. The van der Waals surface area contributed by atoms with E-state index in [4.69, 9.17) is 5.73 Å². The first kappa shape index (κ1) is 12.4. The van der Waals surface area contributed by atoms with Crippen LogP contribution < -0.4 is 5.73 Å². The number of aliphatic hydroxyl groups is 2. The fourth-order valence-electron chi connectivity index (χ4n) is 1.23. The summed E-state index contributed by atoms with van der Waals surface area (Å²) in [6.45, 7) is 1.68. The first-order valence-electron chi connectivity index (χ1n) is 4.45. The van der Waals surface area contributed by atoms with Crippen molar-refractivity contribution < 1.29 is 14.6 Å². The maximum atomic E-state index is 13.4. The Morgan fingerprint density at radius 1 is 1.47 bits per heavy atom. The van der Waals surface area contributed by atoms with E-state index in [0.29, 0.717) is 11.3 Å². The van der Waals surface area contributed by atoms with Crippen molar-refractivity contribution in [2.45, 2.75) is 19.1 Å². The zero-order chi connectivity index (χ0) is 11.6. The highest BCUT2D eigenvalue weighted by Gasteiger charge is 2.21. The van der Waals surface area contributed by atoms with E-state index in [1.165, 1.54) is 12.1 Å². The lowest BCUT2D eigenvalue weighted by atomic mass is 10.0. The predicted octanol–water partition coefficient (Wildman–Crippen LogP) is 1.51. The molecule has 0 spiro atoms. The lowest BCUT2D eigenvalue weighted by molar-refractivity contribution is 0.0320. The first-order chi connectivity index (χ1) is 6.97. The molecule has 0 aliphatic rings. The quantitative estimate of drug-likeness (QED) is 0.580. The van der Waals surface area contributed by atoms with Gasteiger partial charge in [0.15, 0.2) is 0 Å². The van der Waals surface area contributed by atoms with E-state index in [9.17, 15) is 14.6 Å². The zero-order valence-corrected chi connectivity index (χ0v) is 9.83. The van der Waals surface area contributed by atoms with Gasteiger partial charge in [0.2, 0.25) is 0 Å². The summed E-state index contributed by atoms with van der Waals surface area (Å²) in [6, 6.07) is 2.59. The minimum Gasteiger partial charge on any atom is -0.399 e. The van der Waals surface area contributed by atoms with Gasteiger partial charge in [0.1, 0.15) is 11.9 Å². The Hall–Kier alpha value is -0.650. The van der Waals surface area contributed by atoms with Crippen LogP contribution >= 0.6 is 15.9 Å². The number of aryl methyl sites for hydroxylation is 1. The number of aliphatic hydroxyl groups excluding tert-OH is 2. The van der Waals surface area contributed by atoms with E-state index in [0.717, 1.165) is 0 Å². The van der Waals surface area contributed by atoms with Gasteiger partial charge >= 0.3 is 0 Å². The lowest BCUT2D eigenvalue weighted by Crippen LogP contribution is -2.20. The summed E-state index contributed by atoms with van der Waals surface area (Å²) in [7, 11) is 0. The molecule has 1 aromatic rings. The van der Waals surface area contributed by atoms with Crippen molar-refractivity contribution >= 4 is 21.6 Å². The summed E-state index contributed by atoms with van der Waals surface area (Å²) >= 11 is 3.01. The van der Waals surface area contributed by atoms with E-state index in [-0.39, 0.29) is 10.9 Å². The van der Waals surface area contributed by atoms with Crippen molar-refractivity contribution in [2.24, 2.45) is 0 Å². The number of hydrogen-bond acceptors (Lipinski definition) is 3. The minimum atomic E-state index is -1.27. The summed E-state index contributed by atoms with van der Waals surface area (Å²) in [4.78, 5) is 0. The molecule has 84 valence electrons. The summed E-state index contributed by atoms with van der Waals surface area (Å²) in [5.74, 6) is -0.561. The van der Waals surface area contributed by atoms with E-state index in [1.54, 1.807) is 6.92 Å². The third-order valence-electron chi connectivity index (χ3n) is 2.23. The second-order valence-electron chi connectivity index (χ2n) is 3.40. The van der Waals surface area contributed by atoms with Crippen LogP contribution in [0.3, 0.4) is 0 Å². The Morgan fingerprint density at radius 2 is 2.07 bits per heavy atom. The van der Waals surface area contributed by atoms with Crippen LogP contribution in [-0.4, -0.2) is 21.6 Å². The molecule has 2 unspecified atom stereocenters. The molecule has 0 saturated heterocycles. The average molecular weight is 278 g/mol. The van der Waals surface area contributed by atoms with Crippen LogP contribution in [0.4, 0.5) is 10.1 Å². The first-order valence-corrected chi connectivity index (χ1v) is 5.57. The van der Waals surface area contributed by atoms with Gasteiger partial charge in [0.05, 0.1) is 6.10 Å². The number of alkyl halides is 1. The van der Waals surface area contributed by atoms with Crippen molar-refractivity contribution in [3.8, 4) is 0 Å². The Bertz CT molecular complexity index is 360. The summed E-state index contributed by atoms with van der Waals surface area (Å²) in [5.41, 5.74) is 6.62. The van der Waals surface area contributed by atoms with Crippen LogP contribution in [0, 0.1) is 12.7 Å². The summed E-state index contributed by atoms with van der Waals surface area (Å²) in [6.07, 6.45) is -2.33. The topological polar surface area (TPSA) is 66.5 Å². The number of anilines is 1. The van der Waals surface area contributed by atoms with Crippen LogP contribution in [0.25, 0.3) is 0 Å². The van der Waals surface area contributed by atoms with Gasteiger partial charge < -0.3 is 15.9 Å². The molecule has 1 rings (SSSR count). The number of nitrogen functional groups attached to an aromatic ring is 1. The normalized spacial score (nSPS) is 15.0. The Morgan fingerprint density at radius 3 is 2.60 bits per heavy atom. The lowest BCUT2D eigenvalue weighted by Gasteiger charge is -2.17. The van der Waals surface area contributed by atoms with Crippen LogP contribution in [0.1, 0.15) is 17.2 Å². The number of benzene rings is 1. The predicted molar refractivity (Wildman–Crippen MR) is 60.3 cm³/mol. The SMILES string of the molecule is Cc1cc(F)c(C(O)C(O)CBr)cc1N.